The van der Waals surface area contributed by atoms with Gasteiger partial charge >= 0.3 is 5.97 Å². The second-order valence-corrected chi connectivity index (χ2v) is 4.47. The summed E-state index contributed by atoms with van der Waals surface area (Å²) in [5, 5.41) is 13.8. The van der Waals surface area contributed by atoms with Gasteiger partial charge in [-0.15, -0.1) is 11.3 Å². The van der Waals surface area contributed by atoms with Crippen LogP contribution >= 0.6 is 11.3 Å². The molecule has 0 aliphatic rings. The van der Waals surface area contributed by atoms with E-state index < -0.39 is 11.9 Å². The molecule has 1 aromatic rings. The molecule has 1 unspecified atom stereocenters. The van der Waals surface area contributed by atoms with E-state index in [1.165, 1.54) is 11.3 Å². The number of carbonyl (C=O) groups excluding carboxylic acids is 1. The molecule has 6 heteroatoms. The normalized spacial score (nSPS) is 12.1. The van der Waals surface area contributed by atoms with E-state index in [2.05, 4.69) is 10.3 Å². The topological polar surface area (TPSA) is 79.3 Å². The van der Waals surface area contributed by atoms with Crippen LogP contribution in [0.25, 0.3) is 0 Å². The van der Waals surface area contributed by atoms with Crippen LogP contribution in [0.5, 0.6) is 0 Å². The number of aromatic nitrogens is 1. The van der Waals surface area contributed by atoms with Crippen LogP contribution in [-0.2, 0) is 4.79 Å². The maximum absolute atomic E-state index is 11.5. The SMILES string of the molecule is CCC(CNC(=O)c1csc(C)n1)C(=O)O. The average Bonchev–Trinajstić information content (AvgIpc) is 2.65. The lowest BCUT2D eigenvalue weighted by atomic mass is 10.1. The third kappa shape index (κ3) is 3.30. The fourth-order valence-corrected chi connectivity index (χ4v) is 1.77. The highest BCUT2D eigenvalue weighted by molar-refractivity contribution is 7.09. The van der Waals surface area contributed by atoms with Crippen molar-refractivity contribution in [1.29, 1.82) is 0 Å². The Morgan fingerprint density at radius 1 is 1.62 bits per heavy atom. The minimum Gasteiger partial charge on any atom is -0.481 e. The van der Waals surface area contributed by atoms with Crippen molar-refractivity contribution < 1.29 is 14.7 Å². The van der Waals surface area contributed by atoms with E-state index in [0.717, 1.165) is 5.01 Å². The maximum atomic E-state index is 11.5. The Bertz CT molecular complexity index is 389. The molecule has 0 bridgehead atoms. The molecule has 0 saturated carbocycles. The predicted octanol–water partition coefficient (Wildman–Crippen LogP) is 1.29. The average molecular weight is 242 g/mol. The molecule has 88 valence electrons. The van der Waals surface area contributed by atoms with Gasteiger partial charge in [0.05, 0.1) is 10.9 Å². The molecule has 0 saturated heterocycles. The van der Waals surface area contributed by atoms with Crippen LogP contribution in [0.1, 0.15) is 28.8 Å². The van der Waals surface area contributed by atoms with Gasteiger partial charge in [0, 0.05) is 11.9 Å². The van der Waals surface area contributed by atoms with Gasteiger partial charge in [0.1, 0.15) is 5.69 Å². The van der Waals surface area contributed by atoms with E-state index in [0.29, 0.717) is 12.1 Å². The molecule has 5 nitrogen and oxygen atoms in total. The van der Waals surface area contributed by atoms with Gasteiger partial charge in [-0.25, -0.2) is 4.98 Å². The van der Waals surface area contributed by atoms with E-state index in [-0.39, 0.29) is 12.5 Å². The number of hydrogen-bond acceptors (Lipinski definition) is 4. The van der Waals surface area contributed by atoms with Gasteiger partial charge < -0.3 is 10.4 Å². The van der Waals surface area contributed by atoms with Gasteiger partial charge in [0.25, 0.3) is 5.91 Å². The van der Waals surface area contributed by atoms with Crippen molar-refractivity contribution in [3.8, 4) is 0 Å². The van der Waals surface area contributed by atoms with Crippen molar-refractivity contribution >= 4 is 23.2 Å². The summed E-state index contributed by atoms with van der Waals surface area (Å²) in [4.78, 5) is 26.3. The highest BCUT2D eigenvalue weighted by Gasteiger charge is 2.17. The zero-order valence-electron chi connectivity index (χ0n) is 9.19. The van der Waals surface area contributed by atoms with E-state index in [1.807, 2.05) is 6.92 Å². The molecule has 0 aliphatic carbocycles. The molecule has 16 heavy (non-hydrogen) atoms. The number of thiazole rings is 1. The third-order valence-electron chi connectivity index (χ3n) is 2.20. The van der Waals surface area contributed by atoms with Crippen LogP contribution < -0.4 is 5.32 Å². The number of nitrogens with zero attached hydrogens (tertiary/aromatic N) is 1. The van der Waals surface area contributed by atoms with Gasteiger partial charge in [-0.2, -0.15) is 0 Å². The smallest absolute Gasteiger partial charge is 0.308 e. The van der Waals surface area contributed by atoms with Crippen molar-refractivity contribution in [2.75, 3.05) is 6.54 Å². The number of rotatable bonds is 5. The van der Waals surface area contributed by atoms with Gasteiger partial charge in [0.2, 0.25) is 0 Å². The zero-order chi connectivity index (χ0) is 12.1. The van der Waals surface area contributed by atoms with Crippen molar-refractivity contribution in [2.24, 2.45) is 5.92 Å². The summed E-state index contributed by atoms with van der Waals surface area (Å²) < 4.78 is 0. The first-order chi connectivity index (χ1) is 7.54. The molecule has 0 fully saturated rings. The van der Waals surface area contributed by atoms with Gasteiger partial charge in [-0.3, -0.25) is 9.59 Å². The largest absolute Gasteiger partial charge is 0.481 e. The standard InChI is InChI=1S/C10H14N2O3S/c1-3-7(10(14)15)4-11-9(13)8-5-16-6(2)12-8/h5,7H,3-4H2,1-2H3,(H,11,13)(H,14,15). The number of aliphatic carboxylic acids is 1. The number of carboxylic acid groups (broad SMARTS) is 1. The van der Waals surface area contributed by atoms with E-state index >= 15 is 0 Å². The molecule has 1 rings (SSSR count). The second-order valence-electron chi connectivity index (χ2n) is 3.41. The number of aryl methyl sites for hydroxylation is 1. The quantitative estimate of drug-likeness (QED) is 0.815. The lowest BCUT2D eigenvalue weighted by molar-refractivity contribution is -0.141. The maximum Gasteiger partial charge on any atom is 0.308 e. The fraction of sp³-hybridized carbons (Fsp3) is 0.500. The number of amides is 1. The Kier molecular flexibility index (Phi) is 4.42. The molecule has 0 spiro atoms. The zero-order valence-corrected chi connectivity index (χ0v) is 10.0. The van der Waals surface area contributed by atoms with E-state index in [4.69, 9.17) is 5.11 Å². The lowest BCUT2D eigenvalue weighted by Gasteiger charge is -2.09. The summed E-state index contributed by atoms with van der Waals surface area (Å²) in [5.41, 5.74) is 0.350. The molecule has 1 atom stereocenters. The molecular weight excluding hydrogens is 228 g/mol. The first kappa shape index (κ1) is 12.6. The minimum atomic E-state index is -0.891. The van der Waals surface area contributed by atoms with Crippen molar-refractivity contribution in [2.45, 2.75) is 20.3 Å². The molecule has 1 aromatic heterocycles. The van der Waals surface area contributed by atoms with Crippen molar-refractivity contribution in [3.05, 3.63) is 16.1 Å². The van der Waals surface area contributed by atoms with Crippen LogP contribution in [0.3, 0.4) is 0 Å². The van der Waals surface area contributed by atoms with Crippen LogP contribution in [0, 0.1) is 12.8 Å². The van der Waals surface area contributed by atoms with Gasteiger partial charge in [-0.05, 0) is 13.3 Å². The summed E-state index contributed by atoms with van der Waals surface area (Å²) >= 11 is 1.39. The summed E-state index contributed by atoms with van der Waals surface area (Å²) in [6.07, 6.45) is 0.492. The first-order valence-corrected chi connectivity index (χ1v) is 5.85. The fourth-order valence-electron chi connectivity index (χ4n) is 1.18. The molecule has 1 heterocycles. The second kappa shape index (κ2) is 5.60. The summed E-state index contributed by atoms with van der Waals surface area (Å²) in [6.45, 7) is 3.73. The van der Waals surface area contributed by atoms with Gasteiger partial charge in [0.15, 0.2) is 0 Å². The predicted molar refractivity (Wildman–Crippen MR) is 60.6 cm³/mol. The molecular formula is C10H14N2O3S. The highest BCUT2D eigenvalue weighted by Crippen LogP contribution is 2.08. The first-order valence-electron chi connectivity index (χ1n) is 4.97. The number of nitrogens with one attached hydrogen (secondary N) is 1. The lowest BCUT2D eigenvalue weighted by Crippen LogP contribution is -2.32. The Morgan fingerprint density at radius 2 is 2.31 bits per heavy atom. The summed E-state index contributed by atoms with van der Waals surface area (Å²) in [7, 11) is 0. The molecule has 2 N–H and O–H groups in total. The van der Waals surface area contributed by atoms with Crippen LogP contribution in [0.2, 0.25) is 0 Å². The number of carbonyl (C=O) groups is 2. The minimum absolute atomic E-state index is 0.140. The summed E-state index contributed by atoms with van der Waals surface area (Å²) in [5.74, 6) is -1.75. The molecule has 0 aromatic carbocycles. The molecule has 0 radical (unpaired) electrons. The van der Waals surface area contributed by atoms with Crippen molar-refractivity contribution in [1.82, 2.24) is 10.3 Å². The molecule has 1 amide bonds. The van der Waals surface area contributed by atoms with Crippen LogP contribution in [0.15, 0.2) is 5.38 Å². The van der Waals surface area contributed by atoms with Crippen molar-refractivity contribution in [3.63, 3.8) is 0 Å². The van der Waals surface area contributed by atoms with Crippen LogP contribution in [-0.4, -0.2) is 28.5 Å². The number of hydrogen-bond donors (Lipinski definition) is 2. The number of carboxylic acids is 1. The Morgan fingerprint density at radius 3 is 2.75 bits per heavy atom. The summed E-state index contributed by atoms with van der Waals surface area (Å²) in [6, 6.07) is 0. The van der Waals surface area contributed by atoms with Gasteiger partial charge in [-0.1, -0.05) is 6.92 Å². The Hall–Kier alpha value is -1.43. The van der Waals surface area contributed by atoms with Crippen LogP contribution in [0.4, 0.5) is 0 Å². The third-order valence-corrected chi connectivity index (χ3v) is 2.98. The Balaban J connectivity index is 2.49. The van der Waals surface area contributed by atoms with E-state index in [1.54, 1.807) is 12.3 Å². The van der Waals surface area contributed by atoms with E-state index in [9.17, 15) is 9.59 Å². The Labute approximate surface area is 97.5 Å². The molecule has 0 aliphatic heterocycles. The monoisotopic (exact) mass is 242 g/mol. The highest BCUT2D eigenvalue weighted by atomic mass is 32.1.